The standard InChI is InChI=1S/C23H23N3O3S/c1-14(2)13-26-21(20(25-23(26)30)17-8-3-4-11-24-17)19-10-9-18(29-19)15-6-5-7-16(12-15)22(27)28/h3-12,14,20-21H,13H2,1-2H3,(H,25,30)(H,27,28)/t20-,21-/m1/s1. The van der Waals surface area contributed by atoms with Gasteiger partial charge < -0.3 is 19.7 Å². The Bertz CT molecular complexity index is 1060. The smallest absolute Gasteiger partial charge is 0.335 e. The molecule has 0 aliphatic carbocycles. The summed E-state index contributed by atoms with van der Waals surface area (Å²) in [6, 6.07) is 16.1. The first kappa shape index (κ1) is 20.1. The van der Waals surface area contributed by atoms with Crippen LogP contribution in [0.15, 0.2) is 65.2 Å². The fourth-order valence-corrected chi connectivity index (χ4v) is 4.09. The average molecular weight is 422 g/mol. The van der Waals surface area contributed by atoms with Crippen LogP contribution in [-0.4, -0.2) is 32.6 Å². The third-order valence-electron chi connectivity index (χ3n) is 5.07. The zero-order valence-corrected chi connectivity index (χ0v) is 17.6. The lowest BCUT2D eigenvalue weighted by molar-refractivity contribution is 0.0697. The van der Waals surface area contributed by atoms with Crippen LogP contribution in [0.25, 0.3) is 11.3 Å². The van der Waals surface area contributed by atoms with Gasteiger partial charge in [-0.05, 0) is 54.5 Å². The van der Waals surface area contributed by atoms with Crippen LogP contribution in [-0.2, 0) is 0 Å². The molecule has 4 rings (SSSR count). The molecule has 2 atom stereocenters. The van der Waals surface area contributed by atoms with E-state index in [0.717, 1.165) is 23.6 Å². The molecule has 0 unspecified atom stereocenters. The Morgan fingerprint density at radius 1 is 1.23 bits per heavy atom. The molecule has 6 nitrogen and oxygen atoms in total. The summed E-state index contributed by atoms with van der Waals surface area (Å²) in [6.07, 6.45) is 1.77. The highest BCUT2D eigenvalue weighted by Crippen LogP contribution is 2.40. The predicted molar refractivity (Wildman–Crippen MR) is 118 cm³/mol. The summed E-state index contributed by atoms with van der Waals surface area (Å²) >= 11 is 5.64. The molecule has 0 amide bonds. The summed E-state index contributed by atoms with van der Waals surface area (Å²) in [5.41, 5.74) is 1.84. The molecule has 0 spiro atoms. The second-order valence-corrected chi connectivity index (χ2v) is 8.15. The maximum absolute atomic E-state index is 11.3. The molecule has 3 aromatic rings. The number of carboxylic acids is 1. The van der Waals surface area contributed by atoms with Crippen LogP contribution in [0.3, 0.4) is 0 Å². The average Bonchev–Trinajstić information content (AvgIpc) is 3.34. The maximum atomic E-state index is 11.3. The number of aromatic nitrogens is 1. The number of carboxylic acid groups (broad SMARTS) is 1. The number of furan rings is 1. The number of nitrogens with zero attached hydrogens (tertiary/aromatic N) is 2. The van der Waals surface area contributed by atoms with E-state index in [9.17, 15) is 9.90 Å². The zero-order chi connectivity index (χ0) is 21.3. The van der Waals surface area contributed by atoms with Crippen LogP contribution < -0.4 is 5.32 Å². The van der Waals surface area contributed by atoms with Crippen molar-refractivity contribution in [3.8, 4) is 11.3 Å². The summed E-state index contributed by atoms with van der Waals surface area (Å²) < 4.78 is 6.24. The first-order valence-electron chi connectivity index (χ1n) is 9.85. The van der Waals surface area contributed by atoms with Crippen LogP contribution in [0.1, 0.15) is 47.7 Å². The van der Waals surface area contributed by atoms with Crippen molar-refractivity contribution in [3.05, 3.63) is 77.8 Å². The summed E-state index contributed by atoms with van der Waals surface area (Å²) in [4.78, 5) is 18.0. The largest absolute Gasteiger partial charge is 0.478 e. The molecule has 0 saturated carbocycles. The molecule has 3 heterocycles. The summed E-state index contributed by atoms with van der Waals surface area (Å²) in [7, 11) is 0. The molecule has 0 radical (unpaired) electrons. The number of carbonyl (C=O) groups is 1. The van der Waals surface area contributed by atoms with E-state index in [4.69, 9.17) is 16.6 Å². The first-order valence-corrected chi connectivity index (χ1v) is 10.3. The molecule has 1 aromatic carbocycles. The number of pyridine rings is 1. The molecule has 1 saturated heterocycles. The fourth-order valence-electron chi connectivity index (χ4n) is 3.78. The molecular weight excluding hydrogens is 398 g/mol. The van der Waals surface area contributed by atoms with Gasteiger partial charge in [0.05, 0.1) is 17.3 Å². The molecule has 1 aliphatic heterocycles. The van der Waals surface area contributed by atoms with Gasteiger partial charge in [0, 0.05) is 18.3 Å². The molecule has 1 aliphatic rings. The lowest BCUT2D eigenvalue weighted by Gasteiger charge is -2.27. The fraction of sp³-hybridized carbons (Fsp3) is 0.261. The van der Waals surface area contributed by atoms with E-state index in [1.54, 1.807) is 24.4 Å². The quantitative estimate of drug-likeness (QED) is 0.560. The molecule has 154 valence electrons. The van der Waals surface area contributed by atoms with Gasteiger partial charge in [-0.25, -0.2) is 4.79 Å². The second kappa shape index (κ2) is 8.28. The number of rotatable bonds is 6. The van der Waals surface area contributed by atoms with Crippen LogP contribution in [0.2, 0.25) is 0 Å². The van der Waals surface area contributed by atoms with Gasteiger partial charge in [-0.3, -0.25) is 4.98 Å². The Kier molecular flexibility index (Phi) is 5.55. The van der Waals surface area contributed by atoms with Gasteiger partial charge in [0.15, 0.2) is 5.11 Å². The molecule has 0 bridgehead atoms. The Labute approximate surface area is 180 Å². The minimum Gasteiger partial charge on any atom is -0.478 e. The first-order chi connectivity index (χ1) is 14.4. The van der Waals surface area contributed by atoms with E-state index in [1.165, 1.54) is 0 Å². The van der Waals surface area contributed by atoms with Crippen LogP contribution in [0.4, 0.5) is 0 Å². The van der Waals surface area contributed by atoms with Crippen molar-refractivity contribution in [2.24, 2.45) is 5.92 Å². The number of hydrogen-bond donors (Lipinski definition) is 2. The molecule has 7 heteroatoms. The lowest BCUT2D eigenvalue weighted by atomic mass is 10.0. The third kappa shape index (κ3) is 3.93. The summed E-state index contributed by atoms with van der Waals surface area (Å²) in [5, 5.41) is 13.4. The van der Waals surface area contributed by atoms with Crippen molar-refractivity contribution in [2.45, 2.75) is 25.9 Å². The molecular formula is C23H23N3O3S. The van der Waals surface area contributed by atoms with E-state index >= 15 is 0 Å². The SMILES string of the molecule is CC(C)CN1C(=S)N[C@H](c2ccccn2)[C@H]1c1ccc(-c2cccc(C(=O)O)c2)o1. The second-order valence-electron chi connectivity index (χ2n) is 7.76. The third-order valence-corrected chi connectivity index (χ3v) is 5.42. The van der Waals surface area contributed by atoms with Crippen LogP contribution in [0, 0.1) is 5.92 Å². The minimum absolute atomic E-state index is 0.137. The van der Waals surface area contributed by atoms with Crippen LogP contribution >= 0.6 is 12.2 Å². The summed E-state index contributed by atoms with van der Waals surface area (Å²) in [5.74, 6) is 0.827. The highest BCUT2D eigenvalue weighted by atomic mass is 32.1. The predicted octanol–water partition coefficient (Wildman–Crippen LogP) is 4.67. The topological polar surface area (TPSA) is 78.6 Å². The van der Waals surface area contributed by atoms with Gasteiger partial charge in [0.1, 0.15) is 17.6 Å². The summed E-state index contributed by atoms with van der Waals surface area (Å²) in [6.45, 7) is 5.09. The van der Waals surface area contributed by atoms with Gasteiger partial charge in [-0.1, -0.05) is 32.0 Å². The van der Waals surface area contributed by atoms with Gasteiger partial charge in [-0.15, -0.1) is 0 Å². The van der Waals surface area contributed by atoms with Crippen molar-refractivity contribution in [3.63, 3.8) is 0 Å². The van der Waals surface area contributed by atoms with Crippen molar-refractivity contribution in [1.29, 1.82) is 0 Å². The zero-order valence-electron chi connectivity index (χ0n) is 16.8. The van der Waals surface area contributed by atoms with Gasteiger partial charge in [0.25, 0.3) is 0 Å². The highest BCUT2D eigenvalue weighted by Gasteiger charge is 2.41. The van der Waals surface area contributed by atoms with Crippen molar-refractivity contribution in [2.75, 3.05) is 6.54 Å². The molecule has 30 heavy (non-hydrogen) atoms. The Morgan fingerprint density at radius 3 is 2.77 bits per heavy atom. The van der Waals surface area contributed by atoms with Crippen molar-refractivity contribution in [1.82, 2.24) is 15.2 Å². The van der Waals surface area contributed by atoms with E-state index in [1.807, 2.05) is 36.4 Å². The van der Waals surface area contributed by atoms with Gasteiger partial charge >= 0.3 is 5.97 Å². The van der Waals surface area contributed by atoms with Crippen molar-refractivity contribution >= 4 is 23.3 Å². The molecule has 2 aromatic heterocycles. The van der Waals surface area contributed by atoms with E-state index in [0.29, 0.717) is 16.8 Å². The Balaban J connectivity index is 1.72. The molecule has 2 N–H and O–H groups in total. The van der Waals surface area contributed by atoms with Crippen LogP contribution in [0.5, 0.6) is 0 Å². The number of nitrogens with one attached hydrogen (secondary N) is 1. The normalized spacial score (nSPS) is 18.6. The number of hydrogen-bond acceptors (Lipinski definition) is 4. The lowest BCUT2D eigenvalue weighted by Crippen LogP contribution is -2.32. The Hall–Kier alpha value is -3.19. The number of benzene rings is 1. The van der Waals surface area contributed by atoms with Crippen molar-refractivity contribution < 1.29 is 14.3 Å². The minimum atomic E-state index is -0.965. The maximum Gasteiger partial charge on any atom is 0.335 e. The van der Waals surface area contributed by atoms with Gasteiger partial charge in [0.2, 0.25) is 0 Å². The van der Waals surface area contributed by atoms with E-state index in [2.05, 4.69) is 29.0 Å². The number of aromatic carboxylic acids is 1. The number of thiocarbonyl (C=S) groups is 1. The molecule has 1 fully saturated rings. The monoisotopic (exact) mass is 421 g/mol. The highest BCUT2D eigenvalue weighted by molar-refractivity contribution is 7.80. The van der Waals surface area contributed by atoms with Gasteiger partial charge in [-0.2, -0.15) is 0 Å². The Morgan fingerprint density at radius 2 is 2.07 bits per heavy atom. The van der Waals surface area contributed by atoms with E-state index < -0.39 is 5.97 Å². The van der Waals surface area contributed by atoms with E-state index in [-0.39, 0.29) is 17.6 Å².